The van der Waals surface area contributed by atoms with E-state index in [4.69, 9.17) is 4.74 Å². The average Bonchev–Trinajstić information content (AvgIpc) is 1.97. The van der Waals surface area contributed by atoms with Gasteiger partial charge in [-0.05, 0) is 43.3 Å². The van der Waals surface area contributed by atoms with Gasteiger partial charge in [-0.15, -0.1) is 0 Å². The summed E-state index contributed by atoms with van der Waals surface area (Å²) in [6.45, 7) is 6.92. The lowest BCUT2D eigenvalue weighted by Gasteiger charge is -2.49. The Kier molecular flexibility index (Phi) is 4.03. The van der Waals surface area contributed by atoms with Gasteiger partial charge in [-0.2, -0.15) is 0 Å². The molecular weight excluding hydrogens is 181 g/mol. The van der Waals surface area contributed by atoms with E-state index in [1.165, 1.54) is 25.7 Å². The zero-order chi connectivity index (χ0) is 11.7. The van der Waals surface area contributed by atoms with E-state index in [-0.39, 0.29) is 10.9 Å². The molecule has 15 heavy (non-hydrogen) atoms. The van der Waals surface area contributed by atoms with Crippen molar-refractivity contribution in [2.45, 2.75) is 57.4 Å². The summed E-state index contributed by atoms with van der Waals surface area (Å²) >= 11 is 0. The molecule has 0 amide bonds. The molecule has 1 unspecified atom stereocenters. The van der Waals surface area contributed by atoms with Crippen LogP contribution < -0.4 is 0 Å². The molecule has 1 rings (SSSR count). The van der Waals surface area contributed by atoms with Crippen LogP contribution in [-0.4, -0.2) is 34.4 Å². The van der Waals surface area contributed by atoms with Crippen molar-refractivity contribution in [1.82, 2.24) is 0 Å². The van der Waals surface area contributed by atoms with Crippen LogP contribution in [-0.2, 0) is 4.74 Å². The SMILES string of the molecule is BC(B)(B)O[C@]1(C)C[C@H](CC(C)CC)C1. The minimum atomic E-state index is 0.0100. The van der Waals surface area contributed by atoms with Gasteiger partial charge in [-0.1, -0.05) is 20.3 Å². The molecule has 1 aliphatic rings. The minimum Gasteiger partial charge on any atom is -0.395 e. The van der Waals surface area contributed by atoms with Gasteiger partial charge in [-0.25, -0.2) is 0 Å². The van der Waals surface area contributed by atoms with Crippen LogP contribution in [0.2, 0.25) is 0 Å². The number of hydrogen-bond acceptors (Lipinski definition) is 1. The molecule has 0 bridgehead atoms. The van der Waals surface area contributed by atoms with Gasteiger partial charge in [0, 0.05) is 0 Å². The van der Waals surface area contributed by atoms with Gasteiger partial charge < -0.3 is 4.74 Å². The molecule has 0 aromatic carbocycles. The Labute approximate surface area is 98.0 Å². The van der Waals surface area contributed by atoms with E-state index in [2.05, 4.69) is 44.3 Å². The highest BCUT2D eigenvalue weighted by molar-refractivity contribution is 6.58. The van der Waals surface area contributed by atoms with Crippen LogP contribution >= 0.6 is 0 Å². The predicted molar refractivity (Wildman–Crippen MR) is 74.6 cm³/mol. The van der Waals surface area contributed by atoms with E-state index in [1.54, 1.807) is 0 Å². The summed E-state index contributed by atoms with van der Waals surface area (Å²) in [5, 5.41) is 0.0100. The Bertz CT molecular complexity index is 206. The van der Waals surface area contributed by atoms with Gasteiger partial charge in [0.05, 0.1) is 5.60 Å². The van der Waals surface area contributed by atoms with Crippen LogP contribution in [0.5, 0.6) is 0 Å². The highest BCUT2D eigenvalue weighted by Gasteiger charge is 2.43. The zero-order valence-corrected chi connectivity index (χ0v) is 11.4. The van der Waals surface area contributed by atoms with Crippen LogP contribution in [0.3, 0.4) is 0 Å². The summed E-state index contributed by atoms with van der Waals surface area (Å²) in [6, 6.07) is 0. The first kappa shape index (κ1) is 13.2. The van der Waals surface area contributed by atoms with Gasteiger partial charge in [0.1, 0.15) is 23.5 Å². The Morgan fingerprint density at radius 2 is 1.93 bits per heavy atom. The van der Waals surface area contributed by atoms with Gasteiger partial charge in [-0.3, -0.25) is 0 Å². The van der Waals surface area contributed by atoms with Gasteiger partial charge in [0.15, 0.2) is 0 Å². The Hall–Kier alpha value is 0.155. The fraction of sp³-hybridized carbons (Fsp3) is 1.00. The second-order valence-corrected chi connectivity index (χ2v) is 6.69. The van der Waals surface area contributed by atoms with Crippen LogP contribution in [0.15, 0.2) is 0 Å². The van der Waals surface area contributed by atoms with Crippen molar-refractivity contribution >= 4 is 23.5 Å². The fourth-order valence-corrected chi connectivity index (χ4v) is 2.89. The van der Waals surface area contributed by atoms with Crippen LogP contribution in [0.4, 0.5) is 0 Å². The first-order valence-corrected chi connectivity index (χ1v) is 6.44. The molecule has 0 aromatic rings. The molecule has 0 spiro atoms. The molecule has 1 nitrogen and oxygen atoms in total. The number of hydrogen-bond donors (Lipinski definition) is 0. The zero-order valence-electron chi connectivity index (χ0n) is 11.4. The molecule has 1 aliphatic carbocycles. The van der Waals surface area contributed by atoms with Crippen molar-refractivity contribution < 1.29 is 4.74 Å². The maximum Gasteiger partial charge on any atom is 0.121 e. The highest BCUT2D eigenvalue weighted by atomic mass is 16.5. The lowest BCUT2D eigenvalue weighted by Crippen LogP contribution is -2.51. The monoisotopic (exact) mass is 206 g/mol. The molecule has 84 valence electrons. The second kappa shape index (κ2) is 4.57. The fourth-order valence-electron chi connectivity index (χ4n) is 2.89. The second-order valence-electron chi connectivity index (χ2n) is 6.69. The van der Waals surface area contributed by atoms with Gasteiger partial charge >= 0.3 is 0 Å². The van der Waals surface area contributed by atoms with Crippen molar-refractivity contribution in [3.8, 4) is 0 Å². The standard InChI is InChI=1S/C11H25B3O/c1-4-8(2)5-9-6-10(3,7-9)15-11(12,13)14/h8-9H,4-7,12-14H2,1-3H3/t8?,9-,10+. The smallest absolute Gasteiger partial charge is 0.121 e. The maximum atomic E-state index is 6.11. The third-order valence-corrected chi connectivity index (χ3v) is 3.43. The van der Waals surface area contributed by atoms with E-state index in [1.807, 2.05) is 0 Å². The van der Waals surface area contributed by atoms with E-state index in [9.17, 15) is 0 Å². The van der Waals surface area contributed by atoms with Crippen LogP contribution in [0.1, 0.15) is 46.5 Å². The van der Waals surface area contributed by atoms with Crippen LogP contribution in [0.25, 0.3) is 0 Å². The number of rotatable bonds is 5. The predicted octanol–water partition coefficient (Wildman–Crippen LogP) is 0.118. The first-order chi connectivity index (χ1) is 6.74. The van der Waals surface area contributed by atoms with E-state index in [0.717, 1.165) is 11.8 Å². The summed E-state index contributed by atoms with van der Waals surface area (Å²) in [7, 11) is 6.46. The summed E-state index contributed by atoms with van der Waals surface area (Å²) < 4.78 is 6.11. The third kappa shape index (κ3) is 4.26. The van der Waals surface area contributed by atoms with Gasteiger partial charge in [0.2, 0.25) is 0 Å². The lowest BCUT2D eigenvalue weighted by molar-refractivity contribution is -0.124. The Morgan fingerprint density at radius 3 is 2.33 bits per heavy atom. The lowest BCUT2D eigenvalue weighted by atomic mass is 9.51. The molecule has 1 fully saturated rings. The van der Waals surface area contributed by atoms with E-state index >= 15 is 0 Å². The van der Waals surface area contributed by atoms with Crippen LogP contribution in [0, 0.1) is 11.8 Å². The topological polar surface area (TPSA) is 9.23 Å². The molecular formula is C11H25B3O. The molecule has 0 aromatic heterocycles. The minimum absolute atomic E-state index is 0.0100. The summed E-state index contributed by atoms with van der Waals surface area (Å²) in [6.07, 6.45) is 5.22. The normalized spacial score (nSPS) is 33.4. The summed E-state index contributed by atoms with van der Waals surface area (Å²) in [5.74, 6) is 1.79. The highest BCUT2D eigenvalue weighted by Crippen LogP contribution is 2.45. The van der Waals surface area contributed by atoms with Crippen molar-refractivity contribution in [2.75, 3.05) is 0 Å². The van der Waals surface area contributed by atoms with Crippen molar-refractivity contribution in [2.24, 2.45) is 11.8 Å². The average molecular weight is 206 g/mol. The molecule has 1 atom stereocenters. The molecule has 4 heteroatoms. The number of ether oxygens (including phenoxy) is 1. The molecule has 0 aliphatic heterocycles. The maximum absolute atomic E-state index is 6.11. The largest absolute Gasteiger partial charge is 0.395 e. The van der Waals surface area contributed by atoms with Gasteiger partial charge in [0.25, 0.3) is 0 Å². The molecule has 0 heterocycles. The van der Waals surface area contributed by atoms with Crippen molar-refractivity contribution in [3.63, 3.8) is 0 Å². The van der Waals surface area contributed by atoms with Crippen molar-refractivity contribution in [3.05, 3.63) is 0 Å². The summed E-state index contributed by atoms with van der Waals surface area (Å²) in [5.41, 5.74) is 0.163. The van der Waals surface area contributed by atoms with Crippen molar-refractivity contribution in [1.29, 1.82) is 0 Å². The molecule has 0 N–H and O–H groups in total. The molecule has 1 saturated carbocycles. The molecule has 0 saturated heterocycles. The van der Waals surface area contributed by atoms with E-state index in [0.29, 0.717) is 0 Å². The third-order valence-electron chi connectivity index (χ3n) is 3.43. The Balaban J connectivity index is 2.29. The first-order valence-electron chi connectivity index (χ1n) is 6.44. The van der Waals surface area contributed by atoms with E-state index < -0.39 is 0 Å². The quantitative estimate of drug-likeness (QED) is 0.580. The Morgan fingerprint density at radius 1 is 1.40 bits per heavy atom. The summed E-state index contributed by atoms with van der Waals surface area (Å²) in [4.78, 5) is 0. The molecule has 0 radical (unpaired) electrons.